The minimum atomic E-state index is 0.484. The average molecular weight is 339 g/mol. The summed E-state index contributed by atoms with van der Waals surface area (Å²) in [6.07, 6.45) is 3.75. The van der Waals surface area contributed by atoms with Gasteiger partial charge in [-0.1, -0.05) is 15.9 Å². The standard InChI is InChI=1S/C16H23BrN2O/c1-19(11-12-3-2-7-18-10-12)15-6-8-20-16-5-4-13(17)9-14(15)16/h4-5,9,12,15,18H,2-3,6-8,10-11H2,1H3. The molecular weight excluding hydrogens is 316 g/mol. The van der Waals surface area contributed by atoms with Crippen LogP contribution in [-0.2, 0) is 0 Å². The molecule has 2 aliphatic rings. The van der Waals surface area contributed by atoms with Crippen LogP contribution in [0.3, 0.4) is 0 Å². The zero-order valence-corrected chi connectivity index (χ0v) is 13.7. The molecule has 0 aromatic heterocycles. The second-order valence-corrected chi connectivity index (χ2v) is 6.90. The minimum absolute atomic E-state index is 0.484. The van der Waals surface area contributed by atoms with Gasteiger partial charge >= 0.3 is 0 Å². The Morgan fingerprint density at radius 1 is 1.40 bits per heavy atom. The molecule has 2 heterocycles. The molecule has 0 spiro atoms. The molecule has 1 N–H and O–H groups in total. The first-order valence-corrected chi connectivity index (χ1v) is 8.36. The summed E-state index contributed by atoms with van der Waals surface area (Å²) >= 11 is 3.58. The van der Waals surface area contributed by atoms with E-state index in [2.05, 4.69) is 51.4 Å². The van der Waals surface area contributed by atoms with Crippen LogP contribution in [0.1, 0.15) is 30.9 Å². The van der Waals surface area contributed by atoms with Crippen LogP contribution in [0.5, 0.6) is 5.75 Å². The topological polar surface area (TPSA) is 24.5 Å². The van der Waals surface area contributed by atoms with Gasteiger partial charge in [0, 0.05) is 29.0 Å². The van der Waals surface area contributed by atoms with Gasteiger partial charge in [0.15, 0.2) is 0 Å². The van der Waals surface area contributed by atoms with Crippen LogP contribution in [0, 0.1) is 5.92 Å². The molecule has 1 fully saturated rings. The van der Waals surface area contributed by atoms with Crippen molar-refractivity contribution < 1.29 is 4.74 Å². The van der Waals surface area contributed by atoms with E-state index in [1.54, 1.807) is 0 Å². The Morgan fingerprint density at radius 3 is 3.10 bits per heavy atom. The summed E-state index contributed by atoms with van der Waals surface area (Å²) in [7, 11) is 2.26. The van der Waals surface area contributed by atoms with Gasteiger partial charge in [0.25, 0.3) is 0 Å². The van der Waals surface area contributed by atoms with E-state index in [-0.39, 0.29) is 0 Å². The van der Waals surface area contributed by atoms with E-state index in [1.165, 1.54) is 38.0 Å². The van der Waals surface area contributed by atoms with Gasteiger partial charge in [-0.05, 0) is 57.1 Å². The van der Waals surface area contributed by atoms with Gasteiger partial charge in [-0.25, -0.2) is 0 Å². The second-order valence-electron chi connectivity index (χ2n) is 5.99. The lowest BCUT2D eigenvalue weighted by molar-refractivity contribution is 0.140. The largest absolute Gasteiger partial charge is 0.493 e. The Hall–Kier alpha value is -0.580. The van der Waals surface area contributed by atoms with Gasteiger partial charge in [0.05, 0.1) is 6.61 Å². The van der Waals surface area contributed by atoms with Gasteiger partial charge in [0.1, 0.15) is 5.75 Å². The summed E-state index contributed by atoms with van der Waals surface area (Å²) in [6.45, 7) is 4.35. The monoisotopic (exact) mass is 338 g/mol. The maximum absolute atomic E-state index is 5.79. The number of fused-ring (bicyclic) bond motifs is 1. The molecule has 2 atom stereocenters. The quantitative estimate of drug-likeness (QED) is 0.915. The number of nitrogens with zero attached hydrogens (tertiary/aromatic N) is 1. The van der Waals surface area contributed by atoms with Crippen molar-refractivity contribution in [3.05, 3.63) is 28.2 Å². The zero-order valence-electron chi connectivity index (χ0n) is 12.1. The summed E-state index contributed by atoms with van der Waals surface area (Å²) < 4.78 is 6.93. The average Bonchev–Trinajstić information content (AvgIpc) is 2.47. The lowest BCUT2D eigenvalue weighted by atomic mass is 9.95. The van der Waals surface area contributed by atoms with Crippen LogP contribution in [-0.4, -0.2) is 38.2 Å². The van der Waals surface area contributed by atoms with E-state index in [4.69, 9.17) is 4.74 Å². The SMILES string of the molecule is CN(CC1CCCNC1)C1CCOc2ccc(Br)cc21. The summed E-state index contributed by atoms with van der Waals surface area (Å²) in [4.78, 5) is 2.52. The number of ether oxygens (including phenoxy) is 1. The van der Waals surface area contributed by atoms with Crippen molar-refractivity contribution in [2.24, 2.45) is 5.92 Å². The van der Waals surface area contributed by atoms with E-state index in [0.29, 0.717) is 6.04 Å². The smallest absolute Gasteiger partial charge is 0.124 e. The number of nitrogens with one attached hydrogen (secondary N) is 1. The van der Waals surface area contributed by atoms with Crippen molar-refractivity contribution >= 4 is 15.9 Å². The first kappa shape index (κ1) is 14.4. The highest BCUT2D eigenvalue weighted by atomic mass is 79.9. The number of benzene rings is 1. The number of hydrogen-bond acceptors (Lipinski definition) is 3. The van der Waals surface area contributed by atoms with E-state index in [1.807, 2.05) is 0 Å². The summed E-state index contributed by atoms with van der Waals surface area (Å²) in [5.74, 6) is 1.84. The predicted molar refractivity (Wildman–Crippen MR) is 85.2 cm³/mol. The van der Waals surface area contributed by atoms with Crippen molar-refractivity contribution in [3.8, 4) is 5.75 Å². The van der Waals surface area contributed by atoms with Gasteiger partial charge in [-0.3, -0.25) is 4.90 Å². The van der Waals surface area contributed by atoms with Crippen molar-refractivity contribution in [1.82, 2.24) is 10.2 Å². The maximum Gasteiger partial charge on any atom is 0.124 e. The summed E-state index contributed by atoms with van der Waals surface area (Å²) in [5.41, 5.74) is 1.33. The zero-order chi connectivity index (χ0) is 13.9. The van der Waals surface area contributed by atoms with Crippen LogP contribution in [0.25, 0.3) is 0 Å². The fourth-order valence-corrected chi connectivity index (χ4v) is 3.80. The molecule has 0 amide bonds. The third-order valence-electron chi connectivity index (χ3n) is 4.46. The third-order valence-corrected chi connectivity index (χ3v) is 4.95. The number of piperidine rings is 1. The molecule has 0 radical (unpaired) electrons. The molecule has 1 aromatic carbocycles. The maximum atomic E-state index is 5.79. The predicted octanol–water partition coefficient (Wildman–Crippen LogP) is 3.20. The molecule has 3 rings (SSSR count). The van der Waals surface area contributed by atoms with Crippen molar-refractivity contribution in [1.29, 1.82) is 0 Å². The lowest BCUT2D eigenvalue weighted by Crippen LogP contribution is -2.39. The molecule has 0 aliphatic carbocycles. The Kier molecular flexibility index (Phi) is 4.64. The molecule has 2 aliphatic heterocycles. The molecule has 3 nitrogen and oxygen atoms in total. The van der Waals surface area contributed by atoms with Crippen molar-refractivity contribution in [2.45, 2.75) is 25.3 Å². The van der Waals surface area contributed by atoms with Crippen LogP contribution >= 0.6 is 15.9 Å². The van der Waals surface area contributed by atoms with Crippen LogP contribution in [0.15, 0.2) is 22.7 Å². The van der Waals surface area contributed by atoms with Gasteiger partial charge < -0.3 is 10.1 Å². The van der Waals surface area contributed by atoms with Gasteiger partial charge in [-0.15, -0.1) is 0 Å². The molecule has 110 valence electrons. The Morgan fingerprint density at radius 2 is 2.30 bits per heavy atom. The molecule has 4 heteroatoms. The summed E-state index contributed by atoms with van der Waals surface area (Å²) in [6, 6.07) is 6.85. The molecule has 20 heavy (non-hydrogen) atoms. The third kappa shape index (κ3) is 3.18. The normalized spacial score (nSPS) is 26.1. The van der Waals surface area contributed by atoms with Crippen LogP contribution in [0.4, 0.5) is 0 Å². The minimum Gasteiger partial charge on any atom is -0.493 e. The Labute approximate surface area is 129 Å². The highest BCUT2D eigenvalue weighted by molar-refractivity contribution is 9.10. The Bertz CT molecular complexity index is 460. The summed E-state index contributed by atoms with van der Waals surface area (Å²) in [5, 5.41) is 3.51. The van der Waals surface area contributed by atoms with E-state index in [0.717, 1.165) is 29.2 Å². The van der Waals surface area contributed by atoms with Crippen molar-refractivity contribution in [3.63, 3.8) is 0 Å². The Balaban J connectivity index is 1.72. The molecule has 0 saturated carbocycles. The number of hydrogen-bond donors (Lipinski definition) is 1. The van der Waals surface area contributed by atoms with Crippen LogP contribution < -0.4 is 10.1 Å². The molecule has 1 saturated heterocycles. The fraction of sp³-hybridized carbons (Fsp3) is 0.625. The first-order chi connectivity index (χ1) is 9.74. The number of halogens is 1. The van der Waals surface area contributed by atoms with Gasteiger partial charge in [-0.2, -0.15) is 0 Å². The lowest BCUT2D eigenvalue weighted by Gasteiger charge is -2.36. The van der Waals surface area contributed by atoms with E-state index >= 15 is 0 Å². The molecule has 1 aromatic rings. The second kappa shape index (κ2) is 6.46. The van der Waals surface area contributed by atoms with Gasteiger partial charge in [0.2, 0.25) is 0 Å². The van der Waals surface area contributed by atoms with E-state index < -0.39 is 0 Å². The van der Waals surface area contributed by atoms with E-state index in [9.17, 15) is 0 Å². The fourth-order valence-electron chi connectivity index (χ4n) is 3.42. The highest BCUT2D eigenvalue weighted by Crippen LogP contribution is 2.37. The molecule has 2 unspecified atom stereocenters. The first-order valence-electron chi connectivity index (χ1n) is 7.57. The number of rotatable bonds is 3. The van der Waals surface area contributed by atoms with Crippen LogP contribution in [0.2, 0.25) is 0 Å². The van der Waals surface area contributed by atoms with Crippen molar-refractivity contribution in [2.75, 3.05) is 33.3 Å². The molecule has 0 bridgehead atoms. The molecular formula is C16H23BrN2O. The highest BCUT2D eigenvalue weighted by Gasteiger charge is 2.27.